The second-order valence-corrected chi connectivity index (χ2v) is 4.98. The number of ether oxygens (including phenoxy) is 2. The van der Waals surface area contributed by atoms with E-state index in [0.29, 0.717) is 17.9 Å². The van der Waals surface area contributed by atoms with Gasteiger partial charge in [0.25, 0.3) is 0 Å². The summed E-state index contributed by atoms with van der Waals surface area (Å²) in [6, 6.07) is 1.81. The van der Waals surface area contributed by atoms with Crippen molar-refractivity contribution in [1.29, 1.82) is 0 Å². The van der Waals surface area contributed by atoms with Gasteiger partial charge in [-0.3, -0.25) is 0 Å². The summed E-state index contributed by atoms with van der Waals surface area (Å²) in [5, 5.41) is 6.54. The molecule has 1 aliphatic rings. The van der Waals surface area contributed by atoms with Crippen LogP contribution in [-0.4, -0.2) is 49.4 Å². The third-order valence-electron chi connectivity index (χ3n) is 3.28. The van der Waals surface area contributed by atoms with Gasteiger partial charge in [-0.15, -0.1) is 0 Å². The maximum atomic E-state index is 5.84. The largest absolute Gasteiger partial charge is 0.481 e. The molecule has 112 valence electrons. The number of nitrogens with one attached hydrogen (secondary N) is 2. The fourth-order valence-corrected chi connectivity index (χ4v) is 2.21. The normalized spacial score (nSPS) is 16.1. The molecule has 0 aromatic carbocycles. The number of anilines is 1. The Kier molecular flexibility index (Phi) is 6.01. The first kappa shape index (κ1) is 15.0. The number of piperidine rings is 1. The van der Waals surface area contributed by atoms with Gasteiger partial charge in [0.05, 0.1) is 13.2 Å². The lowest BCUT2D eigenvalue weighted by Crippen LogP contribution is -2.32. The summed E-state index contributed by atoms with van der Waals surface area (Å²) < 4.78 is 11.0. The van der Waals surface area contributed by atoms with E-state index in [0.717, 1.165) is 51.2 Å². The molecule has 0 amide bonds. The molecular formula is C14H24N4O2. The van der Waals surface area contributed by atoms with E-state index < -0.39 is 0 Å². The molecule has 0 bridgehead atoms. The van der Waals surface area contributed by atoms with Gasteiger partial charge in [-0.1, -0.05) is 0 Å². The zero-order valence-electron chi connectivity index (χ0n) is 12.3. The van der Waals surface area contributed by atoms with E-state index in [-0.39, 0.29) is 0 Å². The van der Waals surface area contributed by atoms with Crippen LogP contribution >= 0.6 is 0 Å². The average molecular weight is 280 g/mol. The molecule has 2 rings (SSSR count). The number of aromatic nitrogens is 2. The average Bonchev–Trinajstić information content (AvgIpc) is 2.47. The first-order valence-corrected chi connectivity index (χ1v) is 7.24. The summed E-state index contributed by atoms with van der Waals surface area (Å²) in [4.78, 5) is 8.56. The Morgan fingerprint density at radius 2 is 2.15 bits per heavy atom. The molecule has 0 atom stereocenters. The zero-order valence-corrected chi connectivity index (χ0v) is 12.3. The van der Waals surface area contributed by atoms with Crippen molar-refractivity contribution in [2.45, 2.75) is 32.3 Å². The fourth-order valence-electron chi connectivity index (χ4n) is 2.21. The second kappa shape index (κ2) is 8.01. The van der Waals surface area contributed by atoms with Gasteiger partial charge >= 0.3 is 0 Å². The molecule has 0 spiro atoms. The van der Waals surface area contributed by atoms with Crippen molar-refractivity contribution in [3.8, 4) is 5.88 Å². The lowest BCUT2D eigenvalue weighted by molar-refractivity contribution is 0.0329. The molecule has 1 aliphatic heterocycles. The number of hydrogen-bond donors (Lipinski definition) is 2. The summed E-state index contributed by atoms with van der Waals surface area (Å²) in [5.41, 5.74) is 0.894. The van der Waals surface area contributed by atoms with Crippen LogP contribution < -0.4 is 15.4 Å². The van der Waals surface area contributed by atoms with Crippen LogP contribution in [0, 0.1) is 6.92 Å². The highest BCUT2D eigenvalue weighted by molar-refractivity contribution is 5.30. The highest BCUT2D eigenvalue weighted by atomic mass is 16.5. The van der Waals surface area contributed by atoms with E-state index in [1.165, 1.54) is 0 Å². The quantitative estimate of drug-likeness (QED) is 0.735. The maximum Gasteiger partial charge on any atom is 0.226 e. The molecule has 1 fully saturated rings. The number of methoxy groups -OCH3 is 1. The van der Waals surface area contributed by atoms with Crippen LogP contribution in [0.4, 0.5) is 5.95 Å². The molecule has 0 radical (unpaired) electrons. The van der Waals surface area contributed by atoms with Crippen LogP contribution in [0.25, 0.3) is 0 Å². The van der Waals surface area contributed by atoms with Crippen molar-refractivity contribution in [3.63, 3.8) is 0 Å². The monoisotopic (exact) mass is 280 g/mol. The maximum absolute atomic E-state index is 5.84. The van der Waals surface area contributed by atoms with Crippen molar-refractivity contribution >= 4 is 5.95 Å². The van der Waals surface area contributed by atoms with E-state index in [9.17, 15) is 0 Å². The topological polar surface area (TPSA) is 68.3 Å². The lowest BCUT2D eigenvalue weighted by atomic mass is 10.1. The van der Waals surface area contributed by atoms with Gasteiger partial charge in [0.2, 0.25) is 11.8 Å². The Morgan fingerprint density at radius 1 is 1.35 bits per heavy atom. The number of nitrogens with zero attached hydrogens (tertiary/aromatic N) is 2. The van der Waals surface area contributed by atoms with Crippen molar-refractivity contribution in [2.24, 2.45) is 0 Å². The van der Waals surface area contributed by atoms with Gasteiger partial charge in [0.15, 0.2) is 0 Å². The molecule has 1 aromatic rings. The number of aryl methyl sites for hydroxylation is 1. The summed E-state index contributed by atoms with van der Waals surface area (Å²) in [6.45, 7) is 5.65. The Balaban J connectivity index is 1.64. The SMILES string of the molecule is COc1cc(C)nc(NCCCOC2CCNCC2)n1. The molecule has 1 saturated heterocycles. The van der Waals surface area contributed by atoms with E-state index in [1.54, 1.807) is 7.11 Å². The molecule has 0 saturated carbocycles. The molecule has 0 aliphatic carbocycles. The molecule has 2 N–H and O–H groups in total. The molecule has 2 heterocycles. The van der Waals surface area contributed by atoms with Crippen molar-refractivity contribution < 1.29 is 9.47 Å². The Labute approximate surface area is 120 Å². The van der Waals surface area contributed by atoms with E-state index in [1.807, 2.05) is 13.0 Å². The molecule has 20 heavy (non-hydrogen) atoms. The predicted molar refractivity (Wildman–Crippen MR) is 78.3 cm³/mol. The number of hydrogen-bond acceptors (Lipinski definition) is 6. The Hall–Kier alpha value is -1.40. The zero-order chi connectivity index (χ0) is 14.2. The second-order valence-electron chi connectivity index (χ2n) is 4.98. The van der Waals surface area contributed by atoms with Crippen LogP contribution in [0.15, 0.2) is 6.07 Å². The van der Waals surface area contributed by atoms with E-state index >= 15 is 0 Å². The minimum absolute atomic E-state index is 0.423. The first-order valence-electron chi connectivity index (χ1n) is 7.24. The minimum atomic E-state index is 0.423. The molecule has 0 unspecified atom stereocenters. The van der Waals surface area contributed by atoms with Gasteiger partial charge in [-0.25, -0.2) is 4.98 Å². The summed E-state index contributed by atoms with van der Waals surface area (Å²) in [5.74, 6) is 1.20. The Bertz CT molecular complexity index is 408. The lowest BCUT2D eigenvalue weighted by Gasteiger charge is -2.22. The smallest absolute Gasteiger partial charge is 0.226 e. The molecule has 1 aromatic heterocycles. The highest BCUT2D eigenvalue weighted by Crippen LogP contribution is 2.11. The van der Waals surface area contributed by atoms with Gasteiger partial charge in [0.1, 0.15) is 0 Å². The van der Waals surface area contributed by atoms with Gasteiger partial charge in [0, 0.05) is 24.9 Å². The van der Waals surface area contributed by atoms with Crippen molar-refractivity contribution in [2.75, 3.05) is 38.7 Å². The molecule has 6 heteroatoms. The molecule has 6 nitrogen and oxygen atoms in total. The summed E-state index contributed by atoms with van der Waals surface area (Å²) >= 11 is 0. The standard InChI is InChI=1S/C14H24N4O2/c1-11-10-13(19-2)18-14(17-11)16-6-3-9-20-12-4-7-15-8-5-12/h10,12,15H,3-9H2,1-2H3,(H,16,17,18). The van der Waals surface area contributed by atoms with Crippen LogP contribution in [0.2, 0.25) is 0 Å². The third kappa shape index (κ3) is 4.94. The molecular weight excluding hydrogens is 256 g/mol. The third-order valence-corrected chi connectivity index (χ3v) is 3.28. The minimum Gasteiger partial charge on any atom is -0.481 e. The summed E-state index contributed by atoms with van der Waals surface area (Å²) in [6.07, 6.45) is 3.60. The Morgan fingerprint density at radius 3 is 2.90 bits per heavy atom. The first-order chi connectivity index (χ1) is 9.78. The predicted octanol–water partition coefficient (Wildman–Crippen LogP) is 1.36. The highest BCUT2D eigenvalue weighted by Gasteiger charge is 2.12. The van der Waals surface area contributed by atoms with Gasteiger partial charge in [-0.05, 0) is 39.3 Å². The van der Waals surface area contributed by atoms with Crippen molar-refractivity contribution in [3.05, 3.63) is 11.8 Å². The van der Waals surface area contributed by atoms with Crippen LogP contribution in [0.3, 0.4) is 0 Å². The number of rotatable bonds is 7. The van der Waals surface area contributed by atoms with Crippen molar-refractivity contribution in [1.82, 2.24) is 15.3 Å². The van der Waals surface area contributed by atoms with Crippen LogP contribution in [-0.2, 0) is 4.74 Å². The fraction of sp³-hybridized carbons (Fsp3) is 0.714. The van der Waals surface area contributed by atoms with Crippen LogP contribution in [0.1, 0.15) is 25.0 Å². The van der Waals surface area contributed by atoms with E-state index in [4.69, 9.17) is 9.47 Å². The summed E-state index contributed by atoms with van der Waals surface area (Å²) in [7, 11) is 1.61. The van der Waals surface area contributed by atoms with E-state index in [2.05, 4.69) is 20.6 Å². The van der Waals surface area contributed by atoms with Gasteiger partial charge < -0.3 is 20.1 Å². The van der Waals surface area contributed by atoms with Gasteiger partial charge in [-0.2, -0.15) is 4.98 Å². The van der Waals surface area contributed by atoms with Crippen LogP contribution in [0.5, 0.6) is 5.88 Å².